The molecule has 0 bridgehead atoms. The fourth-order valence-corrected chi connectivity index (χ4v) is 0.204. The molecule has 0 aliphatic heterocycles. The van der Waals surface area contributed by atoms with E-state index in [9.17, 15) is 0 Å². The molecule has 0 fully saturated rings. The Hall–Kier alpha value is 0.986. The quantitative estimate of drug-likeness (QED) is 0.357. The molecule has 0 radical (unpaired) electrons. The van der Waals surface area contributed by atoms with Crippen molar-refractivity contribution < 1.29 is 17.0 Å². The minimum Gasteiger partial charge on any atom is -1.00 e. The van der Waals surface area contributed by atoms with Crippen LogP contribution in [0.25, 0.3) is 0 Å². The first-order valence-electron chi connectivity index (χ1n) is 2.02. The Bertz CT molecular complexity index is 29.3. The molecule has 7 heavy (non-hydrogen) atoms. The summed E-state index contributed by atoms with van der Waals surface area (Å²) in [4.78, 5) is 0. The second-order valence-corrected chi connectivity index (χ2v) is 1.08. The Morgan fingerprint density at radius 2 is 2.00 bits per heavy atom. The molecule has 0 aromatic heterocycles. The fourth-order valence-electron chi connectivity index (χ4n) is 0.204. The summed E-state index contributed by atoms with van der Waals surface area (Å²) in [7, 11) is 0. The normalized spacial score (nSPS) is 5.29. The summed E-state index contributed by atoms with van der Waals surface area (Å²) in [5.74, 6) is 0. The van der Waals surface area contributed by atoms with Crippen LogP contribution in [-0.2, 0) is 0 Å². The SMILES string of the molecule is C=CCCC.[Br-].[Mg+2]. The van der Waals surface area contributed by atoms with Gasteiger partial charge in [0.05, 0.1) is 0 Å². The molecule has 0 heterocycles. The molecule has 0 amide bonds. The third-order valence-corrected chi connectivity index (χ3v) is 0.493. The first-order chi connectivity index (χ1) is 2.41. The predicted molar refractivity (Wildman–Crippen MR) is 30.9 cm³/mol. The summed E-state index contributed by atoms with van der Waals surface area (Å²) in [6.07, 6.45) is 4.31. The van der Waals surface area contributed by atoms with Gasteiger partial charge in [-0.05, 0) is 6.42 Å². The van der Waals surface area contributed by atoms with Gasteiger partial charge >= 0.3 is 23.1 Å². The van der Waals surface area contributed by atoms with E-state index in [2.05, 4.69) is 13.5 Å². The van der Waals surface area contributed by atoms with Crippen molar-refractivity contribution in [2.75, 3.05) is 0 Å². The second kappa shape index (κ2) is 15.8. The molecule has 0 N–H and O–H groups in total. The minimum atomic E-state index is 0. The van der Waals surface area contributed by atoms with Crippen LogP contribution in [0.2, 0.25) is 0 Å². The van der Waals surface area contributed by atoms with Crippen LogP contribution in [0.4, 0.5) is 0 Å². The van der Waals surface area contributed by atoms with Crippen LogP contribution in [0.1, 0.15) is 19.8 Å². The molecular formula is C5H10BrMg+. The maximum Gasteiger partial charge on any atom is 2.00 e. The van der Waals surface area contributed by atoms with Crippen molar-refractivity contribution in [3.63, 3.8) is 0 Å². The van der Waals surface area contributed by atoms with Crippen molar-refractivity contribution in [1.29, 1.82) is 0 Å². The maximum atomic E-state index is 3.55. The Labute approximate surface area is 72.3 Å². The topological polar surface area (TPSA) is 0 Å². The summed E-state index contributed by atoms with van der Waals surface area (Å²) in [5, 5.41) is 0. The summed E-state index contributed by atoms with van der Waals surface area (Å²) in [6.45, 7) is 5.69. The van der Waals surface area contributed by atoms with Crippen molar-refractivity contribution in [2.24, 2.45) is 0 Å². The van der Waals surface area contributed by atoms with Crippen molar-refractivity contribution in [3.05, 3.63) is 12.7 Å². The van der Waals surface area contributed by atoms with E-state index in [1.165, 1.54) is 6.42 Å². The first-order valence-corrected chi connectivity index (χ1v) is 2.02. The predicted octanol–water partition coefficient (Wildman–Crippen LogP) is -1.40. The average molecular weight is 174 g/mol. The molecule has 0 saturated carbocycles. The number of allylic oxidation sites excluding steroid dienone is 1. The molecule has 0 aliphatic carbocycles. The van der Waals surface area contributed by atoms with Gasteiger partial charge in [-0.1, -0.05) is 19.4 Å². The van der Waals surface area contributed by atoms with E-state index in [4.69, 9.17) is 0 Å². The van der Waals surface area contributed by atoms with E-state index in [0.717, 1.165) is 6.42 Å². The molecule has 0 rings (SSSR count). The molecular weight excluding hydrogens is 164 g/mol. The van der Waals surface area contributed by atoms with E-state index in [0.29, 0.717) is 0 Å². The van der Waals surface area contributed by atoms with Crippen LogP contribution < -0.4 is 17.0 Å². The van der Waals surface area contributed by atoms with Crippen LogP contribution in [0.5, 0.6) is 0 Å². The summed E-state index contributed by atoms with van der Waals surface area (Å²) >= 11 is 0. The van der Waals surface area contributed by atoms with E-state index >= 15 is 0 Å². The summed E-state index contributed by atoms with van der Waals surface area (Å²) in [5.41, 5.74) is 0. The van der Waals surface area contributed by atoms with Crippen LogP contribution in [-0.4, -0.2) is 23.1 Å². The minimum absolute atomic E-state index is 0. The standard InChI is InChI=1S/C5H10.BrH.Mg/c1-3-5-4-2;;/h3H,1,4-5H2,2H3;1H;/q;;+2/p-1. The average Bonchev–Trinajstić information content (AvgIpc) is 1.41. The van der Waals surface area contributed by atoms with Gasteiger partial charge in [0.1, 0.15) is 0 Å². The zero-order chi connectivity index (χ0) is 4.12. The van der Waals surface area contributed by atoms with Gasteiger partial charge in [-0.15, -0.1) is 6.58 Å². The maximum absolute atomic E-state index is 3.55. The molecule has 2 heteroatoms. The smallest absolute Gasteiger partial charge is 1.00 e. The van der Waals surface area contributed by atoms with E-state index in [1.54, 1.807) is 0 Å². The van der Waals surface area contributed by atoms with E-state index < -0.39 is 0 Å². The van der Waals surface area contributed by atoms with Crippen molar-refractivity contribution in [1.82, 2.24) is 0 Å². The van der Waals surface area contributed by atoms with Crippen LogP contribution >= 0.6 is 0 Å². The Balaban J connectivity index is -0.0000000800. The Kier molecular flexibility index (Phi) is 35.3. The van der Waals surface area contributed by atoms with Gasteiger partial charge in [-0.25, -0.2) is 0 Å². The summed E-state index contributed by atoms with van der Waals surface area (Å²) in [6, 6.07) is 0. The van der Waals surface area contributed by atoms with Gasteiger partial charge in [-0.3, -0.25) is 0 Å². The molecule has 0 aromatic carbocycles. The van der Waals surface area contributed by atoms with Gasteiger partial charge in [0.2, 0.25) is 0 Å². The first kappa shape index (κ1) is 15.7. The molecule has 0 spiro atoms. The van der Waals surface area contributed by atoms with Crippen LogP contribution in [0, 0.1) is 0 Å². The number of hydrogen-bond acceptors (Lipinski definition) is 0. The van der Waals surface area contributed by atoms with Crippen LogP contribution in [0.3, 0.4) is 0 Å². The molecule has 0 unspecified atom stereocenters. The van der Waals surface area contributed by atoms with Gasteiger partial charge in [0.15, 0.2) is 0 Å². The zero-order valence-electron chi connectivity index (χ0n) is 4.78. The van der Waals surface area contributed by atoms with Crippen molar-refractivity contribution >= 4 is 23.1 Å². The van der Waals surface area contributed by atoms with Crippen LogP contribution in [0.15, 0.2) is 12.7 Å². The molecule has 0 aliphatic rings. The van der Waals surface area contributed by atoms with Gasteiger partial charge < -0.3 is 17.0 Å². The molecule has 38 valence electrons. The molecule has 0 nitrogen and oxygen atoms in total. The van der Waals surface area contributed by atoms with E-state index in [-0.39, 0.29) is 40.0 Å². The Morgan fingerprint density at radius 1 is 1.57 bits per heavy atom. The largest absolute Gasteiger partial charge is 2.00 e. The number of rotatable bonds is 2. The molecule has 0 saturated heterocycles. The molecule has 0 atom stereocenters. The van der Waals surface area contributed by atoms with E-state index in [1.807, 2.05) is 6.08 Å². The Morgan fingerprint density at radius 3 is 2.00 bits per heavy atom. The van der Waals surface area contributed by atoms with Crippen molar-refractivity contribution in [3.8, 4) is 0 Å². The van der Waals surface area contributed by atoms with Gasteiger partial charge in [0.25, 0.3) is 0 Å². The third-order valence-electron chi connectivity index (χ3n) is 0.493. The second-order valence-electron chi connectivity index (χ2n) is 1.08. The fraction of sp³-hybridized carbons (Fsp3) is 0.600. The number of halogens is 1. The van der Waals surface area contributed by atoms with Crippen molar-refractivity contribution in [2.45, 2.75) is 19.8 Å². The number of hydrogen-bond donors (Lipinski definition) is 0. The monoisotopic (exact) mass is 173 g/mol. The third kappa shape index (κ3) is 19.5. The van der Waals surface area contributed by atoms with Gasteiger partial charge in [-0.2, -0.15) is 0 Å². The van der Waals surface area contributed by atoms with Gasteiger partial charge in [0, 0.05) is 0 Å². The number of unbranched alkanes of at least 4 members (excludes halogenated alkanes) is 1. The summed E-state index contributed by atoms with van der Waals surface area (Å²) < 4.78 is 0. The molecule has 0 aromatic rings. The zero-order valence-corrected chi connectivity index (χ0v) is 7.78.